The number of ether oxygens (including phenoxy) is 1. The van der Waals surface area contributed by atoms with Gasteiger partial charge in [-0.2, -0.15) is 0 Å². The number of benzene rings is 1. The van der Waals surface area contributed by atoms with Crippen molar-refractivity contribution in [2.24, 2.45) is 5.92 Å². The van der Waals surface area contributed by atoms with Gasteiger partial charge < -0.3 is 14.5 Å². The first kappa shape index (κ1) is 20.7. The van der Waals surface area contributed by atoms with E-state index >= 15 is 0 Å². The Morgan fingerprint density at radius 1 is 1.10 bits per heavy atom. The van der Waals surface area contributed by atoms with Crippen molar-refractivity contribution in [2.45, 2.75) is 24.9 Å². The summed E-state index contributed by atoms with van der Waals surface area (Å²) in [6.07, 6.45) is 3.25. The van der Waals surface area contributed by atoms with Crippen molar-refractivity contribution in [1.82, 2.24) is 14.8 Å². The second kappa shape index (κ2) is 8.41. The zero-order valence-corrected chi connectivity index (χ0v) is 18.5. The Morgan fingerprint density at radius 2 is 1.94 bits per heavy atom. The molecule has 5 rings (SSSR count). The molecule has 2 amide bonds. The van der Waals surface area contributed by atoms with Gasteiger partial charge in [-0.05, 0) is 24.6 Å². The zero-order valence-electron chi connectivity index (χ0n) is 17.0. The Kier molecular flexibility index (Phi) is 5.63. The standard InChI is InChI=1S/C23H23Cl2N3O3/c24-17-2-3-19(20(25)8-17)14-1-4-21(26-9-14)16-11-28(12-16)23(30)27-6-5-22-15(10-27)7-18(29)13-31-22/h1-4,8-9,15-16,22H,5-7,10-13H2/t15-,22+/m1/s1. The molecule has 0 aliphatic carbocycles. The highest BCUT2D eigenvalue weighted by atomic mass is 35.5. The molecular weight excluding hydrogens is 437 g/mol. The summed E-state index contributed by atoms with van der Waals surface area (Å²) in [5.74, 6) is 0.495. The smallest absolute Gasteiger partial charge is 0.320 e. The Morgan fingerprint density at radius 3 is 2.68 bits per heavy atom. The first-order valence-electron chi connectivity index (χ1n) is 10.6. The van der Waals surface area contributed by atoms with Crippen LogP contribution >= 0.6 is 23.2 Å². The number of Topliss-reactive ketones (excluding diaryl/α,β-unsaturated/α-hetero) is 1. The lowest BCUT2D eigenvalue weighted by molar-refractivity contribution is -0.140. The summed E-state index contributed by atoms with van der Waals surface area (Å²) in [7, 11) is 0. The van der Waals surface area contributed by atoms with Crippen molar-refractivity contribution in [3.63, 3.8) is 0 Å². The van der Waals surface area contributed by atoms with Crippen LogP contribution in [-0.2, 0) is 9.53 Å². The number of carbonyl (C=O) groups excluding carboxylic acids is 2. The SMILES string of the molecule is O=C1CO[C@H]2CCN(C(=O)N3CC(c4ccc(-c5ccc(Cl)cc5Cl)cn4)C3)C[C@H]2C1. The Balaban J connectivity index is 1.18. The molecule has 3 aliphatic heterocycles. The third kappa shape index (κ3) is 4.16. The van der Waals surface area contributed by atoms with Crippen molar-refractivity contribution in [3.05, 3.63) is 52.3 Å². The third-order valence-electron chi connectivity index (χ3n) is 6.48. The van der Waals surface area contributed by atoms with E-state index in [1.54, 1.807) is 6.07 Å². The van der Waals surface area contributed by atoms with E-state index in [0.717, 1.165) is 23.2 Å². The van der Waals surface area contributed by atoms with E-state index in [9.17, 15) is 9.59 Å². The molecule has 3 aliphatic rings. The van der Waals surface area contributed by atoms with Crippen molar-refractivity contribution in [3.8, 4) is 11.1 Å². The number of urea groups is 1. The molecule has 6 nitrogen and oxygen atoms in total. The van der Waals surface area contributed by atoms with Gasteiger partial charge in [0.1, 0.15) is 6.61 Å². The number of likely N-dealkylation sites (tertiary alicyclic amines) is 2. The van der Waals surface area contributed by atoms with Crippen LogP contribution in [0, 0.1) is 5.92 Å². The van der Waals surface area contributed by atoms with Gasteiger partial charge in [-0.25, -0.2) is 4.79 Å². The van der Waals surface area contributed by atoms with E-state index in [4.69, 9.17) is 27.9 Å². The molecule has 1 aromatic heterocycles. The van der Waals surface area contributed by atoms with Gasteiger partial charge in [0.05, 0.1) is 6.10 Å². The van der Waals surface area contributed by atoms with Crippen molar-refractivity contribution in [2.75, 3.05) is 32.8 Å². The molecule has 8 heteroatoms. The summed E-state index contributed by atoms with van der Waals surface area (Å²) in [6.45, 7) is 2.83. The molecule has 2 aromatic rings. The minimum atomic E-state index is 0.0530. The molecule has 31 heavy (non-hydrogen) atoms. The average Bonchev–Trinajstić information content (AvgIpc) is 2.73. The topological polar surface area (TPSA) is 62.7 Å². The molecule has 0 bridgehead atoms. The number of rotatable bonds is 2. The molecule has 162 valence electrons. The summed E-state index contributed by atoms with van der Waals surface area (Å²) in [6, 6.07) is 9.48. The Labute approximate surface area is 191 Å². The van der Waals surface area contributed by atoms with E-state index in [-0.39, 0.29) is 36.4 Å². The average molecular weight is 460 g/mol. The lowest BCUT2D eigenvalue weighted by Gasteiger charge is -2.45. The molecule has 0 radical (unpaired) electrons. The first-order valence-corrected chi connectivity index (χ1v) is 11.3. The number of nitrogens with zero attached hydrogens (tertiary/aromatic N) is 3. The number of piperidine rings is 1. The second-order valence-corrected chi connectivity index (χ2v) is 9.41. The number of carbonyl (C=O) groups is 2. The lowest BCUT2D eigenvalue weighted by atomic mass is 9.88. The van der Waals surface area contributed by atoms with E-state index in [1.807, 2.05) is 40.3 Å². The second-order valence-electron chi connectivity index (χ2n) is 8.57. The van der Waals surface area contributed by atoms with Crippen LogP contribution < -0.4 is 0 Å². The summed E-state index contributed by atoms with van der Waals surface area (Å²) in [5, 5.41) is 1.20. The quantitative estimate of drug-likeness (QED) is 0.672. The molecule has 0 spiro atoms. The molecule has 3 fully saturated rings. The van der Waals surface area contributed by atoms with Crippen LogP contribution in [0.1, 0.15) is 24.5 Å². The van der Waals surface area contributed by atoms with Crippen LogP contribution in [-0.4, -0.2) is 65.5 Å². The summed E-state index contributed by atoms with van der Waals surface area (Å²) in [5.41, 5.74) is 2.80. The molecule has 1 aromatic carbocycles. The predicted molar refractivity (Wildman–Crippen MR) is 118 cm³/mol. The maximum absolute atomic E-state index is 12.9. The van der Waals surface area contributed by atoms with Crippen LogP contribution in [0.3, 0.4) is 0 Å². The van der Waals surface area contributed by atoms with Crippen LogP contribution in [0.2, 0.25) is 10.0 Å². The molecule has 0 N–H and O–H groups in total. The van der Waals surface area contributed by atoms with Crippen LogP contribution in [0.15, 0.2) is 36.5 Å². The molecule has 0 saturated carbocycles. The number of fused-ring (bicyclic) bond motifs is 1. The lowest BCUT2D eigenvalue weighted by Crippen LogP contribution is -2.58. The Bertz CT molecular complexity index is 1010. The zero-order chi connectivity index (χ0) is 21.5. The minimum Gasteiger partial charge on any atom is -0.370 e. The van der Waals surface area contributed by atoms with Gasteiger partial charge in [-0.15, -0.1) is 0 Å². The highest BCUT2D eigenvalue weighted by Gasteiger charge is 2.40. The highest BCUT2D eigenvalue weighted by molar-refractivity contribution is 6.36. The Hall–Kier alpha value is -2.15. The number of amides is 2. The van der Waals surface area contributed by atoms with Crippen LogP contribution in [0.25, 0.3) is 11.1 Å². The van der Waals surface area contributed by atoms with Crippen molar-refractivity contribution >= 4 is 35.0 Å². The van der Waals surface area contributed by atoms with Gasteiger partial charge in [0.2, 0.25) is 0 Å². The number of aromatic nitrogens is 1. The van der Waals surface area contributed by atoms with Gasteiger partial charge in [0, 0.05) is 77.5 Å². The maximum Gasteiger partial charge on any atom is 0.320 e. The molecule has 3 saturated heterocycles. The summed E-state index contributed by atoms with van der Waals surface area (Å²) in [4.78, 5) is 32.9. The van der Waals surface area contributed by atoms with E-state index in [0.29, 0.717) is 42.6 Å². The van der Waals surface area contributed by atoms with Gasteiger partial charge in [0.25, 0.3) is 0 Å². The fraction of sp³-hybridized carbons (Fsp3) is 0.435. The van der Waals surface area contributed by atoms with Crippen molar-refractivity contribution < 1.29 is 14.3 Å². The van der Waals surface area contributed by atoms with Crippen LogP contribution in [0.5, 0.6) is 0 Å². The normalized spacial score (nSPS) is 24.0. The van der Waals surface area contributed by atoms with Gasteiger partial charge in [0.15, 0.2) is 5.78 Å². The fourth-order valence-corrected chi connectivity index (χ4v) is 5.22. The van der Waals surface area contributed by atoms with E-state index < -0.39 is 0 Å². The monoisotopic (exact) mass is 459 g/mol. The number of ketones is 1. The van der Waals surface area contributed by atoms with Gasteiger partial charge >= 0.3 is 6.03 Å². The molecular formula is C23H23Cl2N3O3. The fourth-order valence-electron chi connectivity index (χ4n) is 4.70. The minimum absolute atomic E-state index is 0.0530. The number of hydrogen-bond donors (Lipinski definition) is 0. The number of halogens is 2. The van der Waals surface area contributed by atoms with Crippen molar-refractivity contribution in [1.29, 1.82) is 0 Å². The largest absolute Gasteiger partial charge is 0.370 e. The number of hydrogen-bond acceptors (Lipinski definition) is 4. The van der Waals surface area contributed by atoms with Gasteiger partial charge in [-0.3, -0.25) is 9.78 Å². The van der Waals surface area contributed by atoms with Gasteiger partial charge in [-0.1, -0.05) is 35.3 Å². The molecule has 2 atom stereocenters. The maximum atomic E-state index is 12.9. The highest BCUT2D eigenvalue weighted by Crippen LogP contribution is 2.33. The summed E-state index contributed by atoms with van der Waals surface area (Å²) < 4.78 is 5.63. The summed E-state index contributed by atoms with van der Waals surface area (Å²) >= 11 is 12.3. The first-order chi connectivity index (χ1) is 15.0. The third-order valence-corrected chi connectivity index (χ3v) is 7.03. The molecule has 0 unspecified atom stereocenters. The number of pyridine rings is 1. The predicted octanol–water partition coefficient (Wildman–Crippen LogP) is 4.25. The van der Waals surface area contributed by atoms with Crippen LogP contribution in [0.4, 0.5) is 4.79 Å². The molecule has 4 heterocycles. The van der Waals surface area contributed by atoms with E-state index in [1.165, 1.54) is 0 Å². The van der Waals surface area contributed by atoms with E-state index in [2.05, 4.69) is 4.98 Å².